The van der Waals surface area contributed by atoms with Gasteiger partial charge in [0.25, 0.3) is 5.91 Å². The molecule has 0 aliphatic heterocycles. The van der Waals surface area contributed by atoms with Crippen molar-refractivity contribution in [3.63, 3.8) is 0 Å². The highest BCUT2D eigenvalue weighted by Gasteiger charge is 2.31. The lowest BCUT2D eigenvalue weighted by Gasteiger charge is -2.22. The van der Waals surface area contributed by atoms with Gasteiger partial charge in [-0.05, 0) is 20.3 Å². The summed E-state index contributed by atoms with van der Waals surface area (Å²) < 4.78 is 0. The van der Waals surface area contributed by atoms with Gasteiger partial charge in [-0.3, -0.25) is 9.59 Å². The maximum absolute atomic E-state index is 11.7. The summed E-state index contributed by atoms with van der Waals surface area (Å²) >= 11 is 1.29. The van der Waals surface area contributed by atoms with Gasteiger partial charge in [-0.25, -0.2) is 4.98 Å². The largest absolute Gasteiger partial charge is 0.481 e. The predicted octanol–water partition coefficient (Wildman–Crippen LogP) is 1.68. The van der Waals surface area contributed by atoms with Gasteiger partial charge in [0, 0.05) is 6.54 Å². The molecule has 94 valence electrons. The lowest BCUT2D eigenvalue weighted by atomic mass is 9.88. The SMILES string of the molecule is CCC(C)(CNC(=O)c1cnc(C)s1)C(=O)O. The Morgan fingerprint density at radius 1 is 1.59 bits per heavy atom. The van der Waals surface area contributed by atoms with Crippen LogP contribution in [0.15, 0.2) is 6.20 Å². The molecular formula is C11H16N2O3S. The Kier molecular flexibility index (Phi) is 4.22. The first-order valence-corrected chi connectivity index (χ1v) is 6.14. The quantitative estimate of drug-likeness (QED) is 0.840. The summed E-state index contributed by atoms with van der Waals surface area (Å²) in [7, 11) is 0. The molecule has 6 heteroatoms. The minimum absolute atomic E-state index is 0.120. The van der Waals surface area contributed by atoms with Crippen molar-refractivity contribution in [2.45, 2.75) is 27.2 Å². The zero-order chi connectivity index (χ0) is 13.1. The van der Waals surface area contributed by atoms with Gasteiger partial charge in [0.1, 0.15) is 4.88 Å². The van der Waals surface area contributed by atoms with Crippen LogP contribution < -0.4 is 5.32 Å². The van der Waals surface area contributed by atoms with Crippen molar-refractivity contribution in [1.29, 1.82) is 0 Å². The van der Waals surface area contributed by atoms with Crippen LogP contribution in [0.25, 0.3) is 0 Å². The van der Waals surface area contributed by atoms with Gasteiger partial charge >= 0.3 is 5.97 Å². The van der Waals surface area contributed by atoms with E-state index >= 15 is 0 Å². The molecule has 0 radical (unpaired) electrons. The highest BCUT2D eigenvalue weighted by atomic mass is 32.1. The van der Waals surface area contributed by atoms with Crippen LogP contribution in [0, 0.1) is 12.3 Å². The summed E-state index contributed by atoms with van der Waals surface area (Å²) in [5.74, 6) is -1.17. The van der Waals surface area contributed by atoms with E-state index < -0.39 is 11.4 Å². The third-order valence-electron chi connectivity index (χ3n) is 2.78. The van der Waals surface area contributed by atoms with Gasteiger partial charge in [-0.2, -0.15) is 0 Å². The summed E-state index contributed by atoms with van der Waals surface area (Å²) in [6.07, 6.45) is 1.96. The number of aryl methyl sites for hydroxylation is 1. The van der Waals surface area contributed by atoms with Gasteiger partial charge in [0.05, 0.1) is 16.6 Å². The van der Waals surface area contributed by atoms with E-state index in [1.807, 2.05) is 6.92 Å². The van der Waals surface area contributed by atoms with Crippen molar-refractivity contribution in [2.24, 2.45) is 5.41 Å². The normalized spacial score (nSPS) is 14.1. The molecule has 1 aromatic heterocycles. The summed E-state index contributed by atoms with van der Waals surface area (Å²) in [6, 6.07) is 0. The number of amides is 1. The number of carboxylic acid groups (broad SMARTS) is 1. The number of hydrogen-bond donors (Lipinski definition) is 2. The third-order valence-corrected chi connectivity index (χ3v) is 3.69. The molecule has 17 heavy (non-hydrogen) atoms. The summed E-state index contributed by atoms with van der Waals surface area (Å²) in [5, 5.41) is 12.5. The first-order valence-electron chi connectivity index (χ1n) is 5.33. The van der Waals surface area contributed by atoms with Gasteiger partial charge in [-0.15, -0.1) is 11.3 Å². The van der Waals surface area contributed by atoms with E-state index in [1.54, 1.807) is 13.8 Å². The van der Waals surface area contributed by atoms with Crippen LogP contribution in [0.2, 0.25) is 0 Å². The molecule has 1 atom stereocenters. The van der Waals surface area contributed by atoms with Gasteiger partial charge in [-0.1, -0.05) is 6.92 Å². The topological polar surface area (TPSA) is 79.3 Å². The average Bonchev–Trinajstić information content (AvgIpc) is 2.72. The Bertz CT molecular complexity index is 430. The number of carbonyl (C=O) groups is 2. The lowest BCUT2D eigenvalue weighted by molar-refractivity contribution is -0.147. The van der Waals surface area contributed by atoms with Gasteiger partial charge in [0.15, 0.2) is 0 Å². The standard InChI is InChI=1S/C11H16N2O3S/c1-4-11(3,10(15)16)6-13-9(14)8-5-12-7(2)17-8/h5H,4,6H2,1-3H3,(H,13,14)(H,15,16). The molecule has 0 fully saturated rings. The Morgan fingerprint density at radius 3 is 2.65 bits per heavy atom. The molecule has 0 aliphatic rings. The van der Waals surface area contributed by atoms with Crippen LogP contribution in [0.5, 0.6) is 0 Å². The van der Waals surface area contributed by atoms with Crippen LogP contribution in [0.3, 0.4) is 0 Å². The molecule has 0 aromatic carbocycles. The van der Waals surface area contributed by atoms with Gasteiger partial charge < -0.3 is 10.4 Å². The molecule has 2 N–H and O–H groups in total. The monoisotopic (exact) mass is 256 g/mol. The molecular weight excluding hydrogens is 240 g/mol. The van der Waals surface area contributed by atoms with E-state index in [0.29, 0.717) is 11.3 Å². The molecule has 0 saturated carbocycles. The fourth-order valence-corrected chi connectivity index (χ4v) is 1.87. The Morgan fingerprint density at radius 2 is 2.24 bits per heavy atom. The minimum Gasteiger partial charge on any atom is -0.481 e. The van der Waals surface area contributed by atoms with E-state index in [0.717, 1.165) is 5.01 Å². The first-order chi connectivity index (χ1) is 7.89. The number of rotatable bonds is 5. The Labute approximate surface area is 104 Å². The summed E-state index contributed by atoms with van der Waals surface area (Å²) in [6.45, 7) is 5.34. The third kappa shape index (κ3) is 3.26. The second-order valence-electron chi connectivity index (χ2n) is 4.15. The van der Waals surface area contributed by atoms with E-state index in [-0.39, 0.29) is 12.5 Å². The van der Waals surface area contributed by atoms with Crippen molar-refractivity contribution >= 4 is 23.2 Å². The van der Waals surface area contributed by atoms with Crippen molar-refractivity contribution in [3.05, 3.63) is 16.1 Å². The van der Waals surface area contributed by atoms with E-state index in [2.05, 4.69) is 10.3 Å². The molecule has 0 spiro atoms. The lowest BCUT2D eigenvalue weighted by Crippen LogP contribution is -2.40. The number of carbonyl (C=O) groups excluding carboxylic acids is 1. The zero-order valence-corrected chi connectivity index (χ0v) is 10.9. The molecule has 1 rings (SSSR count). The van der Waals surface area contributed by atoms with E-state index in [4.69, 9.17) is 5.11 Å². The smallest absolute Gasteiger partial charge is 0.311 e. The van der Waals surface area contributed by atoms with Crippen LogP contribution >= 0.6 is 11.3 Å². The van der Waals surface area contributed by atoms with E-state index in [9.17, 15) is 9.59 Å². The number of carboxylic acids is 1. The van der Waals surface area contributed by atoms with Crippen LogP contribution in [0.4, 0.5) is 0 Å². The van der Waals surface area contributed by atoms with Crippen molar-refractivity contribution in [1.82, 2.24) is 10.3 Å². The predicted molar refractivity (Wildman–Crippen MR) is 65.2 cm³/mol. The van der Waals surface area contributed by atoms with Crippen molar-refractivity contribution < 1.29 is 14.7 Å². The van der Waals surface area contributed by atoms with Crippen LogP contribution in [-0.4, -0.2) is 28.5 Å². The molecule has 1 heterocycles. The van der Waals surface area contributed by atoms with E-state index in [1.165, 1.54) is 17.5 Å². The first kappa shape index (κ1) is 13.6. The highest BCUT2D eigenvalue weighted by molar-refractivity contribution is 7.13. The maximum atomic E-state index is 11.7. The molecule has 0 bridgehead atoms. The number of aliphatic carboxylic acids is 1. The molecule has 0 aliphatic carbocycles. The second-order valence-corrected chi connectivity index (χ2v) is 5.38. The fourth-order valence-electron chi connectivity index (χ4n) is 1.18. The van der Waals surface area contributed by atoms with Gasteiger partial charge in [0.2, 0.25) is 0 Å². The van der Waals surface area contributed by atoms with Crippen molar-refractivity contribution in [3.8, 4) is 0 Å². The molecule has 1 unspecified atom stereocenters. The van der Waals surface area contributed by atoms with Crippen molar-refractivity contribution in [2.75, 3.05) is 6.54 Å². The molecule has 1 aromatic rings. The summed E-state index contributed by atoms with van der Waals surface area (Å²) in [4.78, 5) is 27.2. The van der Waals surface area contributed by atoms with Crippen LogP contribution in [-0.2, 0) is 4.79 Å². The molecule has 1 amide bonds. The average molecular weight is 256 g/mol. The highest BCUT2D eigenvalue weighted by Crippen LogP contribution is 2.20. The maximum Gasteiger partial charge on any atom is 0.311 e. The number of nitrogens with zero attached hydrogens (tertiary/aromatic N) is 1. The summed E-state index contributed by atoms with van der Waals surface area (Å²) in [5.41, 5.74) is -0.921. The number of nitrogens with one attached hydrogen (secondary N) is 1. The fraction of sp³-hybridized carbons (Fsp3) is 0.545. The minimum atomic E-state index is -0.921. The Balaban J connectivity index is 2.62. The molecule has 0 saturated heterocycles. The molecule has 5 nitrogen and oxygen atoms in total. The number of aromatic nitrogens is 1. The second kappa shape index (κ2) is 5.27. The zero-order valence-electron chi connectivity index (χ0n) is 10.1. The Hall–Kier alpha value is -1.43. The number of hydrogen-bond acceptors (Lipinski definition) is 4. The van der Waals surface area contributed by atoms with Crippen LogP contribution in [0.1, 0.15) is 34.9 Å². The number of thiazole rings is 1.